The van der Waals surface area contributed by atoms with Gasteiger partial charge in [0.05, 0.1) is 6.10 Å². The second-order valence-electron chi connectivity index (χ2n) is 2.57. The molecule has 74 valence electrons. The Bertz CT molecular complexity index is 111. The van der Waals surface area contributed by atoms with Crippen molar-refractivity contribution in [1.82, 2.24) is 4.90 Å². The summed E-state index contributed by atoms with van der Waals surface area (Å²) >= 11 is 0. The molecule has 0 aromatic heterocycles. The first-order valence-electron chi connectivity index (χ1n) is 4.30. The molecular formula is C8H17F2NO. The molecule has 1 heterocycles. The summed E-state index contributed by atoms with van der Waals surface area (Å²) in [7, 11) is 1.90. The minimum absolute atomic E-state index is 0.259. The van der Waals surface area contributed by atoms with Gasteiger partial charge >= 0.3 is 6.61 Å². The number of rotatable bonds is 2. The van der Waals surface area contributed by atoms with E-state index >= 15 is 0 Å². The first kappa shape index (κ1) is 11.8. The van der Waals surface area contributed by atoms with Crippen LogP contribution in [-0.2, 0) is 4.74 Å². The first-order valence-corrected chi connectivity index (χ1v) is 4.30. The van der Waals surface area contributed by atoms with E-state index in [0.717, 1.165) is 13.0 Å². The predicted octanol–water partition coefficient (Wildman–Crippen LogP) is 1.96. The highest BCUT2D eigenvalue weighted by Crippen LogP contribution is 2.13. The van der Waals surface area contributed by atoms with Gasteiger partial charge in [-0.25, -0.2) is 0 Å². The number of alkyl halides is 2. The standard InChI is InChI=1S/C6H11F2NO.C2H6/c1-9-3-2-5(4-9)10-6(7)8;1-2/h5-6H,2-4H2,1H3;1-2H3. The van der Waals surface area contributed by atoms with Crippen molar-refractivity contribution in [3.63, 3.8) is 0 Å². The van der Waals surface area contributed by atoms with Crippen LogP contribution in [0, 0.1) is 0 Å². The molecule has 1 unspecified atom stereocenters. The Hall–Kier alpha value is -0.220. The Morgan fingerprint density at radius 1 is 1.42 bits per heavy atom. The van der Waals surface area contributed by atoms with Gasteiger partial charge in [0.25, 0.3) is 0 Å². The molecule has 0 saturated carbocycles. The Morgan fingerprint density at radius 2 is 2.00 bits per heavy atom. The summed E-state index contributed by atoms with van der Waals surface area (Å²) in [5, 5.41) is 0. The van der Waals surface area contributed by atoms with E-state index in [9.17, 15) is 8.78 Å². The van der Waals surface area contributed by atoms with Crippen molar-refractivity contribution in [1.29, 1.82) is 0 Å². The van der Waals surface area contributed by atoms with Crippen LogP contribution in [0.3, 0.4) is 0 Å². The third-order valence-electron chi connectivity index (χ3n) is 1.64. The number of nitrogens with zero attached hydrogens (tertiary/aromatic N) is 1. The number of hydrogen-bond acceptors (Lipinski definition) is 2. The van der Waals surface area contributed by atoms with Crippen molar-refractivity contribution < 1.29 is 13.5 Å². The van der Waals surface area contributed by atoms with Crippen LogP contribution in [0.4, 0.5) is 8.78 Å². The molecule has 1 rings (SSSR count). The number of ether oxygens (including phenoxy) is 1. The maximum Gasteiger partial charge on any atom is 0.345 e. The fourth-order valence-electron chi connectivity index (χ4n) is 1.15. The molecule has 2 nitrogen and oxygen atoms in total. The molecule has 0 amide bonds. The van der Waals surface area contributed by atoms with Gasteiger partial charge < -0.3 is 9.64 Å². The smallest absolute Gasteiger partial charge is 0.318 e. The zero-order valence-electron chi connectivity index (χ0n) is 7.89. The molecule has 0 spiro atoms. The normalized spacial score (nSPS) is 24.0. The quantitative estimate of drug-likeness (QED) is 0.645. The van der Waals surface area contributed by atoms with E-state index in [1.807, 2.05) is 25.8 Å². The van der Waals surface area contributed by atoms with Crippen LogP contribution < -0.4 is 0 Å². The van der Waals surface area contributed by atoms with Crippen LogP contribution >= 0.6 is 0 Å². The SMILES string of the molecule is CC.CN1CCC(OC(F)F)C1. The molecule has 0 N–H and O–H groups in total. The summed E-state index contributed by atoms with van der Waals surface area (Å²) in [6.45, 7) is 2.87. The van der Waals surface area contributed by atoms with Gasteiger partial charge in [-0.15, -0.1) is 0 Å². The zero-order valence-corrected chi connectivity index (χ0v) is 7.89. The maximum atomic E-state index is 11.6. The lowest BCUT2D eigenvalue weighted by atomic mass is 10.3. The van der Waals surface area contributed by atoms with Crippen molar-refractivity contribution in [2.75, 3.05) is 20.1 Å². The van der Waals surface area contributed by atoms with Crippen molar-refractivity contribution in [3.05, 3.63) is 0 Å². The van der Waals surface area contributed by atoms with E-state index in [2.05, 4.69) is 4.74 Å². The van der Waals surface area contributed by atoms with Gasteiger partial charge in [0.15, 0.2) is 0 Å². The number of hydrogen-bond donors (Lipinski definition) is 0. The van der Waals surface area contributed by atoms with Crippen LogP contribution in [0.2, 0.25) is 0 Å². The van der Waals surface area contributed by atoms with E-state index in [1.165, 1.54) is 0 Å². The van der Waals surface area contributed by atoms with Gasteiger partial charge in [-0.3, -0.25) is 0 Å². The molecular weight excluding hydrogens is 164 g/mol. The predicted molar refractivity (Wildman–Crippen MR) is 44.3 cm³/mol. The average molecular weight is 181 g/mol. The highest BCUT2D eigenvalue weighted by Gasteiger charge is 2.22. The van der Waals surface area contributed by atoms with Crippen LogP contribution in [0.1, 0.15) is 20.3 Å². The van der Waals surface area contributed by atoms with Crippen molar-refractivity contribution >= 4 is 0 Å². The molecule has 1 saturated heterocycles. The molecule has 1 aliphatic rings. The zero-order chi connectivity index (χ0) is 9.56. The maximum absolute atomic E-state index is 11.6. The number of likely N-dealkylation sites (N-methyl/N-ethyl adjacent to an activating group) is 1. The van der Waals surface area contributed by atoms with Crippen LogP contribution in [0.15, 0.2) is 0 Å². The lowest BCUT2D eigenvalue weighted by Crippen LogP contribution is -2.20. The minimum Gasteiger partial charge on any atom is -0.318 e. The second kappa shape index (κ2) is 6.31. The van der Waals surface area contributed by atoms with Crippen molar-refractivity contribution in [3.8, 4) is 0 Å². The van der Waals surface area contributed by atoms with Crippen LogP contribution in [0.25, 0.3) is 0 Å². The van der Waals surface area contributed by atoms with Crippen molar-refractivity contribution in [2.24, 2.45) is 0 Å². The van der Waals surface area contributed by atoms with Gasteiger partial charge in [-0.2, -0.15) is 8.78 Å². The Balaban J connectivity index is 0.000000561. The molecule has 0 aromatic rings. The molecule has 4 heteroatoms. The Labute approximate surface area is 72.5 Å². The van der Waals surface area contributed by atoms with E-state index in [4.69, 9.17) is 0 Å². The number of likely N-dealkylation sites (tertiary alicyclic amines) is 1. The molecule has 0 radical (unpaired) electrons. The monoisotopic (exact) mass is 181 g/mol. The summed E-state index contributed by atoms with van der Waals surface area (Å²) in [6, 6.07) is 0. The van der Waals surface area contributed by atoms with Gasteiger partial charge in [-0.1, -0.05) is 13.8 Å². The summed E-state index contributed by atoms with van der Waals surface area (Å²) in [4.78, 5) is 1.98. The fraction of sp³-hybridized carbons (Fsp3) is 1.00. The van der Waals surface area contributed by atoms with Gasteiger partial charge in [0.2, 0.25) is 0 Å². The van der Waals surface area contributed by atoms with E-state index in [1.54, 1.807) is 0 Å². The summed E-state index contributed by atoms with van der Waals surface area (Å²) < 4.78 is 27.5. The van der Waals surface area contributed by atoms with Gasteiger partial charge in [0.1, 0.15) is 0 Å². The molecule has 0 aromatic carbocycles. The third kappa shape index (κ3) is 4.62. The van der Waals surface area contributed by atoms with Crippen LogP contribution in [-0.4, -0.2) is 37.8 Å². The molecule has 0 aliphatic carbocycles. The number of halogens is 2. The molecule has 1 aliphatic heterocycles. The largest absolute Gasteiger partial charge is 0.345 e. The highest BCUT2D eigenvalue weighted by atomic mass is 19.3. The lowest BCUT2D eigenvalue weighted by molar-refractivity contribution is -0.158. The van der Waals surface area contributed by atoms with E-state index < -0.39 is 6.61 Å². The fourth-order valence-corrected chi connectivity index (χ4v) is 1.15. The summed E-state index contributed by atoms with van der Waals surface area (Å²) in [5.74, 6) is 0. The third-order valence-corrected chi connectivity index (χ3v) is 1.64. The molecule has 0 bridgehead atoms. The first-order chi connectivity index (χ1) is 5.68. The van der Waals surface area contributed by atoms with E-state index in [0.29, 0.717) is 6.54 Å². The Morgan fingerprint density at radius 3 is 2.33 bits per heavy atom. The molecule has 1 fully saturated rings. The lowest BCUT2D eigenvalue weighted by Gasteiger charge is -2.09. The van der Waals surface area contributed by atoms with Gasteiger partial charge in [-0.05, 0) is 13.5 Å². The van der Waals surface area contributed by atoms with Crippen LogP contribution in [0.5, 0.6) is 0 Å². The molecule has 12 heavy (non-hydrogen) atoms. The van der Waals surface area contributed by atoms with Crippen molar-refractivity contribution in [2.45, 2.75) is 33.0 Å². The topological polar surface area (TPSA) is 12.5 Å². The summed E-state index contributed by atoms with van der Waals surface area (Å²) in [6.07, 6.45) is 0.464. The van der Waals surface area contributed by atoms with Gasteiger partial charge in [0, 0.05) is 13.1 Å². The summed E-state index contributed by atoms with van der Waals surface area (Å²) in [5.41, 5.74) is 0. The minimum atomic E-state index is -2.61. The second-order valence-corrected chi connectivity index (χ2v) is 2.57. The molecule has 1 atom stereocenters. The average Bonchev–Trinajstić information content (AvgIpc) is 2.39. The highest BCUT2D eigenvalue weighted by molar-refractivity contribution is 4.72. The van der Waals surface area contributed by atoms with E-state index in [-0.39, 0.29) is 6.10 Å². The Kier molecular flexibility index (Phi) is 6.20.